The lowest BCUT2D eigenvalue weighted by molar-refractivity contribution is 0.224. The average Bonchev–Trinajstić information content (AvgIpc) is 3.15. The van der Waals surface area contributed by atoms with Crippen LogP contribution in [0.4, 0.5) is 0 Å². The lowest BCUT2D eigenvalue weighted by atomic mass is 10.1. The molecular weight excluding hydrogens is 406 g/mol. The molecule has 1 atom stereocenters. The standard InChI is InChI=1S/C19H18ClNO4S2/c1-25-17-9-8-15(11-16(17)20)27(23,24)21-12-14-7-10-18(26-14)19(22)13-5-3-2-4-6-13/h2-11,19,21-22H,12H2,1H3/t19-/m1/s1. The van der Waals surface area contributed by atoms with Gasteiger partial charge in [-0.15, -0.1) is 11.3 Å². The first-order valence-electron chi connectivity index (χ1n) is 8.05. The molecule has 1 aromatic heterocycles. The van der Waals surface area contributed by atoms with Crippen molar-refractivity contribution < 1.29 is 18.3 Å². The van der Waals surface area contributed by atoms with E-state index in [9.17, 15) is 13.5 Å². The fraction of sp³-hybridized carbons (Fsp3) is 0.158. The molecule has 2 aromatic carbocycles. The summed E-state index contributed by atoms with van der Waals surface area (Å²) in [7, 11) is -2.25. The highest BCUT2D eigenvalue weighted by Gasteiger charge is 2.17. The highest BCUT2D eigenvalue weighted by molar-refractivity contribution is 7.89. The van der Waals surface area contributed by atoms with E-state index in [2.05, 4.69) is 4.72 Å². The molecule has 0 bridgehead atoms. The number of methoxy groups -OCH3 is 1. The minimum absolute atomic E-state index is 0.0643. The van der Waals surface area contributed by atoms with Crippen LogP contribution >= 0.6 is 22.9 Å². The minimum atomic E-state index is -3.71. The number of hydrogen-bond acceptors (Lipinski definition) is 5. The van der Waals surface area contributed by atoms with Crippen molar-refractivity contribution in [2.75, 3.05) is 7.11 Å². The smallest absolute Gasteiger partial charge is 0.240 e. The SMILES string of the molecule is COc1ccc(S(=O)(=O)NCc2ccc([C@H](O)c3ccccc3)s2)cc1Cl. The number of sulfonamides is 1. The van der Waals surface area contributed by atoms with Crippen LogP contribution in [0.1, 0.15) is 21.4 Å². The Morgan fingerprint density at radius 1 is 1.15 bits per heavy atom. The van der Waals surface area contributed by atoms with Crippen molar-refractivity contribution in [3.63, 3.8) is 0 Å². The fourth-order valence-corrected chi connectivity index (χ4v) is 4.91. The number of nitrogens with one attached hydrogen (secondary N) is 1. The molecule has 0 spiro atoms. The summed E-state index contributed by atoms with van der Waals surface area (Å²) < 4.78 is 32.5. The van der Waals surface area contributed by atoms with Crippen LogP contribution in [0.3, 0.4) is 0 Å². The van der Waals surface area contributed by atoms with Crippen LogP contribution in [0.2, 0.25) is 5.02 Å². The molecule has 1 heterocycles. The lowest BCUT2D eigenvalue weighted by Gasteiger charge is -2.09. The number of aliphatic hydroxyl groups excluding tert-OH is 1. The number of aliphatic hydroxyl groups is 1. The maximum atomic E-state index is 12.5. The van der Waals surface area contributed by atoms with Crippen molar-refractivity contribution in [2.24, 2.45) is 0 Å². The Labute approximate surface area is 167 Å². The minimum Gasteiger partial charge on any atom is -0.495 e. The van der Waals surface area contributed by atoms with Crippen LogP contribution in [-0.2, 0) is 16.6 Å². The lowest BCUT2D eigenvalue weighted by Crippen LogP contribution is -2.22. The molecule has 3 rings (SSSR count). The third-order valence-electron chi connectivity index (χ3n) is 3.94. The molecule has 0 saturated heterocycles. The van der Waals surface area contributed by atoms with Crippen LogP contribution < -0.4 is 9.46 Å². The first kappa shape index (κ1) is 19.9. The van der Waals surface area contributed by atoms with Gasteiger partial charge in [-0.2, -0.15) is 0 Å². The largest absolute Gasteiger partial charge is 0.495 e. The highest BCUT2D eigenvalue weighted by atomic mass is 35.5. The fourth-order valence-electron chi connectivity index (χ4n) is 2.50. The van der Waals surface area contributed by atoms with Gasteiger partial charge in [0.1, 0.15) is 11.9 Å². The van der Waals surface area contributed by atoms with E-state index in [1.54, 1.807) is 12.1 Å². The zero-order valence-corrected chi connectivity index (χ0v) is 16.8. The van der Waals surface area contributed by atoms with E-state index in [4.69, 9.17) is 16.3 Å². The van der Waals surface area contributed by atoms with Gasteiger partial charge in [0.25, 0.3) is 0 Å². The molecule has 0 aliphatic rings. The third kappa shape index (κ3) is 4.69. The maximum absolute atomic E-state index is 12.5. The predicted molar refractivity (Wildman–Crippen MR) is 107 cm³/mol. The van der Waals surface area contributed by atoms with Gasteiger partial charge in [-0.05, 0) is 35.9 Å². The van der Waals surface area contributed by atoms with Crippen LogP contribution in [0.5, 0.6) is 5.75 Å². The van der Waals surface area contributed by atoms with E-state index in [-0.39, 0.29) is 16.5 Å². The van der Waals surface area contributed by atoms with Gasteiger partial charge in [-0.3, -0.25) is 0 Å². The van der Waals surface area contributed by atoms with E-state index < -0.39 is 16.1 Å². The Balaban J connectivity index is 1.70. The van der Waals surface area contributed by atoms with Crippen molar-refractivity contribution in [3.8, 4) is 5.75 Å². The molecule has 0 aliphatic heterocycles. The Morgan fingerprint density at radius 3 is 2.56 bits per heavy atom. The summed E-state index contributed by atoms with van der Waals surface area (Å²) in [6, 6.07) is 17.2. The predicted octanol–water partition coefficient (Wildman–Crippen LogP) is 3.97. The second-order valence-corrected chi connectivity index (χ2v) is 9.11. The maximum Gasteiger partial charge on any atom is 0.240 e. The van der Waals surface area contributed by atoms with E-state index in [0.29, 0.717) is 5.75 Å². The van der Waals surface area contributed by atoms with Crippen molar-refractivity contribution >= 4 is 33.0 Å². The Morgan fingerprint density at radius 2 is 1.89 bits per heavy atom. The molecule has 2 N–H and O–H groups in total. The second kappa shape index (κ2) is 8.41. The average molecular weight is 424 g/mol. The van der Waals surface area contributed by atoms with Gasteiger partial charge in [0, 0.05) is 16.3 Å². The first-order valence-corrected chi connectivity index (χ1v) is 10.7. The summed E-state index contributed by atoms with van der Waals surface area (Å²) in [5, 5.41) is 10.7. The van der Waals surface area contributed by atoms with Crippen LogP contribution in [0.25, 0.3) is 0 Å². The summed E-state index contributed by atoms with van der Waals surface area (Å²) in [6.45, 7) is 0.123. The molecule has 0 saturated carbocycles. The Bertz CT molecular complexity index is 1020. The van der Waals surface area contributed by atoms with Gasteiger partial charge >= 0.3 is 0 Å². The quantitative estimate of drug-likeness (QED) is 0.602. The van der Waals surface area contributed by atoms with Gasteiger partial charge in [0.15, 0.2) is 0 Å². The number of halogens is 1. The normalized spacial score (nSPS) is 12.7. The van der Waals surface area contributed by atoms with Gasteiger partial charge in [-0.1, -0.05) is 41.9 Å². The van der Waals surface area contributed by atoms with Gasteiger partial charge < -0.3 is 9.84 Å². The van der Waals surface area contributed by atoms with Gasteiger partial charge in [-0.25, -0.2) is 13.1 Å². The monoisotopic (exact) mass is 423 g/mol. The summed E-state index contributed by atoms with van der Waals surface area (Å²) >= 11 is 7.36. The van der Waals surface area contributed by atoms with Crippen molar-refractivity contribution in [3.05, 3.63) is 81.0 Å². The zero-order chi connectivity index (χ0) is 19.4. The van der Waals surface area contributed by atoms with Crippen molar-refractivity contribution in [1.82, 2.24) is 4.72 Å². The summed E-state index contributed by atoms with van der Waals surface area (Å²) in [6.07, 6.45) is -0.734. The molecule has 0 unspecified atom stereocenters. The molecular formula is C19H18ClNO4S2. The van der Waals surface area contributed by atoms with E-state index >= 15 is 0 Å². The summed E-state index contributed by atoms with van der Waals surface area (Å²) in [5.41, 5.74) is 0.791. The highest BCUT2D eigenvalue weighted by Crippen LogP contribution is 2.29. The molecule has 0 radical (unpaired) electrons. The Kier molecular flexibility index (Phi) is 6.18. The number of benzene rings is 2. The number of thiophene rings is 1. The molecule has 5 nitrogen and oxygen atoms in total. The van der Waals surface area contributed by atoms with Crippen LogP contribution in [-0.4, -0.2) is 20.6 Å². The van der Waals surface area contributed by atoms with Gasteiger partial charge in [0.2, 0.25) is 10.0 Å². The van der Waals surface area contributed by atoms with E-state index in [1.807, 2.05) is 30.3 Å². The summed E-state index contributed by atoms with van der Waals surface area (Å²) in [4.78, 5) is 1.61. The Hall–Kier alpha value is -1.90. The first-order chi connectivity index (χ1) is 12.9. The number of ether oxygens (including phenoxy) is 1. The zero-order valence-electron chi connectivity index (χ0n) is 14.4. The molecule has 0 amide bonds. The topological polar surface area (TPSA) is 75.6 Å². The molecule has 142 valence electrons. The molecule has 0 fully saturated rings. The number of rotatable bonds is 7. The summed E-state index contributed by atoms with van der Waals surface area (Å²) in [5.74, 6) is 0.411. The van der Waals surface area contributed by atoms with Crippen LogP contribution in [0.15, 0.2) is 65.6 Å². The molecule has 0 aliphatic carbocycles. The van der Waals surface area contributed by atoms with E-state index in [1.165, 1.54) is 36.6 Å². The van der Waals surface area contributed by atoms with Crippen molar-refractivity contribution in [2.45, 2.75) is 17.5 Å². The van der Waals surface area contributed by atoms with Crippen LogP contribution in [0, 0.1) is 0 Å². The second-order valence-electron chi connectivity index (χ2n) is 5.74. The molecule has 27 heavy (non-hydrogen) atoms. The van der Waals surface area contributed by atoms with Crippen molar-refractivity contribution in [1.29, 1.82) is 0 Å². The molecule has 8 heteroatoms. The third-order valence-corrected chi connectivity index (χ3v) is 6.77. The van der Waals surface area contributed by atoms with Gasteiger partial charge in [0.05, 0.1) is 17.0 Å². The number of hydrogen-bond donors (Lipinski definition) is 2. The van der Waals surface area contributed by atoms with E-state index in [0.717, 1.165) is 15.3 Å². The molecule has 3 aromatic rings.